The molecule has 108 valence electrons. The Labute approximate surface area is 127 Å². The predicted molar refractivity (Wildman–Crippen MR) is 81.9 cm³/mol. The molecule has 1 aromatic rings. The van der Waals surface area contributed by atoms with Crippen LogP contribution in [0.15, 0.2) is 14.7 Å². The summed E-state index contributed by atoms with van der Waals surface area (Å²) >= 11 is 4.79. The van der Waals surface area contributed by atoms with Crippen molar-refractivity contribution in [2.75, 3.05) is 13.6 Å². The molecule has 7 heteroatoms. The minimum Gasteiger partial charge on any atom is -0.315 e. The molecule has 19 heavy (non-hydrogen) atoms. The largest absolute Gasteiger partial charge is 0.315 e. The van der Waals surface area contributed by atoms with Gasteiger partial charge in [-0.2, -0.15) is 0 Å². The van der Waals surface area contributed by atoms with Gasteiger partial charge in [-0.15, -0.1) is 11.3 Å². The molecule has 1 atom stereocenters. The van der Waals surface area contributed by atoms with Crippen molar-refractivity contribution >= 4 is 37.3 Å². The van der Waals surface area contributed by atoms with E-state index in [1.54, 1.807) is 6.07 Å². The quantitative estimate of drug-likeness (QED) is 0.813. The Kier molecular flexibility index (Phi) is 4.42. The number of hydrogen-bond donors (Lipinski definition) is 2. The second-order valence-corrected chi connectivity index (χ2v) is 9.81. The van der Waals surface area contributed by atoms with Crippen molar-refractivity contribution in [3.05, 3.63) is 14.7 Å². The van der Waals surface area contributed by atoms with E-state index in [-0.39, 0.29) is 5.41 Å². The van der Waals surface area contributed by atoms with Crippen LogP contribution in [0.3, 0.4) is 0 Å². The lowest BCUT2D eigenvalue weighted by Crippen LogP contribution is -2.26. The molecule has 2 rings (SSSR count). The predicted octanol–water partition coefficient (Wildman–Crippen LogP) is 2.55. The van der Waals surface area contributed by atoms with Gasteiger partial charge in [0.1, 0.15) is 4.90 Å². The zero-order chi connectivity index (χ0) is 14.3. The van der Waals surface area contributed by atoms with Gasteiger partial charge in [0.15, 0.2) is 0 Å². The third-order valence-electron chi connectivity index (χ3n) is 3.58. The van der Waals surface area contributed by atoms with E-state index in [0.717, 1.165) is 11.3 Å². The van der Waals surface area contributed by atoms with Crippen LogP contribution in [0.5, 0.6) is 0 Å². The molecule has 2 N–H and O–H groups in total. The summed E-state index contributed by atoms with van der Waals surface area (Å²) in [5.74, 6) is 0.455. The fraction of sp³-hybridized carbons (Fsp3) is 0.667. The van der Waals surface area contributed by atoms with Crippen molar-refractivity contribution in [3.8, 4) is 0 Å². The van der Waals surface area contributed by atoms with E-state index in [2.05, 4.69) is 39.8 Å². The van der Waals surface area contributed by atoms with Gasteiger partial charge in [-0.25, -0.2) is 13.1 Å². The molecule has 1 aliphatic rings. The molecule has 1 aromatic heterocycles. The number of sulfonamides is 1. The summed E-state index contributed by atoms with van der Waals surface area (Å²) in [6.07, 6.45) is 1.09. The monoisotopic (exact) mass is 366 g/mol. The second kappa shape index (κ2) is 5.44. The van der Waals surface area contributed by atoms with Crippen LogP contribution in [0.25, 0.3) is 0 Å². The van der Waals surface area contributed by atoms with E-state index in [9.17, 15) is 8.42 Å². The molecule has 4 nitrogen and oxygen atoms in total. The Balaban J connectivity index is 2.06. The molecule has 1 unspecified atom stereocenters. The first-order chi connectivity index (χ1) is 8.76. The molecule has 1 heterocycles. The average Bonchev–Trinajstić information content (AvgIpc) is 2.72. The first-order valence-corrected chi connectivity index (χ1v) is 9.28. The van der Waals surface area contributed by atoms with Gasteiger partial charge in [0.25, 0.3) is 0 Å². The maximum absolute atomic E-state index is 12.3. The summed E-state index contributed by atoms with van der Waals surface area (Å²) in [6.45, 7) is 5.53. The van der Waals surface area contributed by atoms with Crippen molar-refractivity contribution in [2.24, 2.45) is 11.3 Å². The molecule has 0 saturated heterocycles. The SMILES string of the molecule is CNCc1cc(S(=O)(=O)NCC2CC2(C)C)c(Br)s1. The number of rotatable bonds is 6. The van der Waals surface area contributed by atoms with Crippen LogP contribution < -0.4 is 10.0 Å². The number of nitrogens with one attached hydrogen (secondary N) is 2. The Morgan fingerprint density at radius 3 is 2.68 bits per heavy atom. The average molecular weight is 367 g/mol. The molecule has 0 spiro atoms. The van der Waals surface area contributed by atoms with Crippen LogP contribution in [-0.4, -0.2) is 22.0 Å². The van der Waals surface area contributed by atoms with E-state index in [1.807, 2.05) is 7.05 Å². The fourth-order valence-corrected chi connectivity index (χ4v) is 5.83. The smallest absolute Gasteiger partial charge is 0.242 e. The number of thiophene rings is 1. The number of hydrogen-bond acceptors (Lipinski definition) is 4. The summed E-state index contributed by atoms with van der Waals surface area (Å²) in [5, 5.41) is 3.02. The maximum atomic E-state index is 12.3. The third-order valence-corrected chi connectivity index (χ3v) is 7.26. The molecule has 1 saturated carbocycles. The summed E-state index contributed by atoms with van der Waals surface area (Å²) < 4.78 is 27.9. The van der Waals surface area contributed by atoms with Gasteiger partial charge in [-0.1, -0.05) is 13.8 Å². The van der Waals surface area contributed by atoms with Crippen molar-refractivity contribution in [2.45, 2.75) is 31.7 Å². The molecule has 0 aliphatic heterocycles. The van der Waals surface area contributed by atoms with Gasteiger partial charge in [-0.05, 0) is 46.8 Å². The molecule has 0 radical (unpaired) electrons. The van der Waals surface area contributed by atoms with Crippen LogP contribution in [0.4, 0.5) is 0 Å². The van der Waals surface area contributed by atoms with Crippen molar-refractivity contribution < 1.29 is 8.42 Å². The van der Waals surface area contributed by atoms with Gasteiger partial charge in [0.2, 0.25) is 10.0 Å². The lowest BCUT2D eigenvalue weighted by atomic mass is 10.1. The Bertz CT molecular complexity index is 566. The van der Waals surface area contributed by atoms with Gasteiger partial charge >= 0.3 is 0 Å². The van der Waals surface area contributed by atoms with E-state index >= 15 is 0 Å². The van der Waals surface area contributed by atoms with Crippen molar-refractivity contribution in [3.63, 3.8) is 0 Å². The lowest BCUT2D eigenvalue weighted by molar-refractivity contribution is 0.537. The Morgan fingerprint density at radius 2 is 2.16 bits per heavy atom. The Hall–Kier alpha value is 0.0500. The van der Waals surface area contributed by atoms with Crippen LogP contribution in [0.2, 0.25) is 0 Å². The molecular weight excluding hydrogens is 348 g/mol. The van der Waals surface area contributed by atoms with Crippen molar-refractivity contribution in [1.29, 1.82) is 0 Å². The van der Waals surface area contributed by atoms with E-state index in [1.165, 1.54) is 11.3 Å². The van der Waals surface area contributed by atoms with Crippen molar-refractivity contribution in [1.82, 2.24) is 10.0 Å². The summed E-state index contributed by atoms with van der Waals surface area (Å²) in [5.41, 5.74) is 0.283. The lowest BCUT2D eigenvalue weighted by Gasteiger charge is -2.06. The third kappa shape index (κ3) is 3.58. The van der Waals surface area contributed by atoms with E-state index in [0.29, 0.717) is 27.7 Å². The van der Waals surface area contributed by atoms with E-state index < -0.39 is 10.0 Å². The first kappa shape index (κ1) is 15.4. The molecule has 0 aromatic carbocycles. The first-order valence-electron chi connectivity index (χ1n) is 6.19. The Morgan fingerprint density at radius 1 is 1.53 bits per heavy atom. The standard InChI is InChI=1S/C12H19BrN2O2S2/c1-12(2)5-8(12)6-15-19(16,17)10-4-9(7-14-3)18-11(10)13/h4,8,14-15H,5-7H2,1-3H3. The van der Waals surface area contributed by atoms with Gasteiger partial charge < -0.3 is 5.32 Å². The topological polar surface area (TPSA) is 58.2 Å². The van der Waals surface area contributed by atoms with Crippen LogP contribution in [0, 0.1) is 11.3 Å². The minimum absolute atomic E-state index is 0.283. The summed E-state index contributed by atoms with van der Waals surface area (Å²) in [7, 11) is -1.57. The molecule has 1 fully saturated rings. The van der Waals surface area contributed by atoms with Gasteiger partial charge in [0.05, 0.1) is 3.79 Å². The normalized spacial score (nSPS) is 21.6. The van der Waals surface area contributed by atoms with Crippen LogP contribution >= 0.6 is 27.3 Å². The zero-order valence-electron chi connectivity index (χ0n) is 11.3. The van der Waals surface area contributed by atoms with Gasteiger partial charge in [-0.3, -0.25) is 0 Å². The van der Waals surface area contributed by atoms with E-state index in [4.69, 9.17) is 0 Å². The number of halogens is 1. The highest BCUT2D eigenvalue weighted by molar-refractivity contribution is 9.11. The second-order valence-electron chi connectivity index (χ2n) is 5.62. The maximum Gasteiger partial charge on any atom is 0.242 e. The highest BCUT2D eigenvalue weighted by Gasteiger charge is 2.45. The highest BCUT2D eigenvalue weighted by Crippen LogP contribution is 2.51. The fourth-order valence-electron chi connectivity index (χ4n) is 2.06. The molecular formula is C12H19BrN2O2S2. The highest BCUT2D eigenvalue weighted by atomic mass is 79.9. The zero-order valence-corrected chi connectivity index (χ0v) is 14.5. The molecule has 1 aliphatic carbocycles. The van der Waals surface area contributed by atoms with Crippen LogP contribution in [0.1, 0.15) is 25.1 Å². The molecule has 0 amide bonds. The van der Waals surface area contributed by atoms with Crippen LogP contribution in [-0.2, 0) is 16.6 Å². The van der Waals surface area contributed by atoms with Gasteiger partial charge in [0, 0.05) is 18.0 Å². The summed E-state index contributed by atoms with van der Waals surface area (Å²) in [4.78, 5) is 1.35. The minimum atomic E-state index is -3.41. The molecule has 0 bridgehead atoms. The summed E-state index contributed by atoms with van der Waals surface area (Å²) in [6, 6.07) is 1.73.